The van der Waals surface area contributed by atoms with Gasteiger partial charge in [-0.1, -0.05) is 12.6 Å². The van der Waals surface area contributed by atoms with Crippen LogP contribution in [0.15, 0.2) is 49.1 Å². The minimum atomic E-state index is -4.80. The van der Waals surface area contributed by atoms with Crippen molar-refractivity contribution in [2.24, 2.45) is 0 Å². The van der Waals surface area contributed by atoms with Gasteiger partial charge in [0.1, 0.15) is 17.3 Å². The van der Waals surface area contributed by atoms with Gasteiger partial charge in [-0.05, 0) is 54.0 Å². The molecule has 0 N–H and O–H groups in total. The standard InChI is InChI=1S/C19H15F4NO2/c1-2-18(25)24-8-7-12-3-4-14(9-13(12)11-24)26-15-5-6-17(20)16(10-15)19(21,22)23/h2-6,9-10H,1,7-8,11H2. The maximum absolute atomic E-state index is 13.4. The van der Waals surface area contributed by atoms with Gasteiger partial charge in [0.2, 0.25) is 5.91 Å². The molecule has 0 aromatic heterocycles. The van der Waals surface area contributed by atoms with Crippen LogP contribution in [0.25, 0.3) is 0 Å². The molecule has 0 atom stereocenters. The first kappa shape index (κ1) is 18.0. The highest BCUT2D eigenvalue weighted by atomic mass is 19.4. The molecule has 0 unspecified atom stereocenters. The van der Waals surface area contributed by atoms with Crippen molar-refractivity contribution in [2.75, 3.05) is 6.54 Å². The summed E-state index contributed by atoms with van der Waals surface area (Å²) in [5.74, 6) is -1.34. The highest BCUT2D eigenvalue weighted by Gasteiger charge is 2.34. The molecular weight excluding hydrogens is 350 g/mol. The molecule has 0 fully saturated rings. The lowest BCUT2D eigenvalue weighted by Crippen LogP contribution is -2.34. The minimum absolute atomic E-state index is 0.117. The smallest absolute Gasteiger partial charge is 0.419 e. The van der Waals surface area contributed by atoms with Crippen LogP contribution < -0.4 is 4.74 Å². The number of hydrogen-bond donors (Lipinski definition) is 0. The molecule has 3 rings (SSSR count). The number of rotatable bonds is 3. The average molecular weight is 365 g/mol. The van der Waals surface area contributed by atoms with Gasteiger partial charge in [0.25, 0.3) is 0 Å². The number of alkyl halides is 3. The zero-order chi connectivity index (χ0) is 18.9. The molecule has 0 bridgehead atoms. The lowest BCUT2D eigenvalue weighted by molar-refractivity contribution is -0.140. The number of amides is 1. The Bertz CT molecular complexity index is 861. The number of ether oxygens (including phenoxy) is 1. The third kappa shape index (κ3) is 3.71. The maximum Gasteiger partial charge on any atom is 0.419 e. The van der Waals surface area contributed by atoms with Gasteiger partial charge in [-0.2, -0.15) is 13.2 Å². The fraction of sp³-hybridized carbons (Fsp3) is 0.211. The highest BCUT2D eigenvalue weighted by Crippen LogP contribution is 2.35. The normalized spacial score (nSPS) is 13.9. The number of nitrogens with zero attached hydrogens (tertiary/aromatic N) is 1. The number of halogens is 4. The Morgan fingerprint density at radius 2 is 1.81 bits per heavy atom. The van der Waals surface area contributed by atoms with E-state index < -0.39 is 17.6 Å². The van der Waals surface area contributed by atoms with Crippen LogP contribution in [0.4, 0.5) is 17.6 Å². The third-order valence-electron chi connectivity index (χ3n) is 4.16. The first-order valence-corrected chi connectivity index (χ1v) is 7.85. The van der Waals surface area contributed by atoms with Gasteiger partial charge < -0.3 is 9.64 Å². The van der Waals surface area contributed by atoms with Crippen LogP contribution in [-0.4, -0.2) is 17.4 Å². The van der Waals surface area contributed by atoms with Crippen LogP contribution in [-0.2, 0) is 23.9 Å². The molecule has 0 spiro atoms. The van der Waals surface area contributed by atoms with Gasteiger partial charge in [-0.3, -0.25) is 4.79 Å². The SMILES string of the molecule is C=CC(=O)N1CCc2ccc(Oc3ccc(F)c(C(F)(F)F)c3)cc2C1. The average Bonchev–Trinajstić information content (AvgIpc) is 2.61. The van der Waals surface area contributed by atoms with E-state index in [0.717, 1.165) is 23.3 Å². The molecule has 0 saturated carbocycles. The second kappa shape index (κ2) is 6.82. The fourth-order valence-electron chi connectivity index (χ4n) is 2.84. The first-order valence-electron chi connectivity index (χ1n) is 7.85. The van der Waals surface area contributed by atoms with E-state index >= 15 is 0 Å². The predicted octanol–water partition coefficient (Wildman–Crippen LogP) is 4.71. The molecule has 0 radical (unpaired) electrons. The molecule has 26 heavy (non-hydrogen) atoms. The van der Waals surface area contributed by atoms with E-state index in [1.165, 1.54) is 6.08 Å². The van der Waals surface area contributed by atoms with E-state index in [-0.39, 0.29) is 11.7 Å². The number of hydrogen-bond acceptors (Lipinski definition) is 2. The summed E-state index contributed by atoms with van der Waals surface area (Å²) in [6.07, 6.45) is -2.89. The molecule has 1 aliphatic rings. The zero-order valence-electron chi connectivity index (χ0n) is 13.6. The van der Waals surface area contributed by atoms with Gasteiger partial charge >= 0.3 is 6.18 Å². The maximum atomic E-state index is 13.4. The van der Waals surface area contributed by atoms with Crippen molar-refractivity contribution in [3.05, 3.63) is 71.6 Å². The van der Waals surface area contributed by atoms with Crippen LogP contribution in [0.3, 0.4) is 0 Å². The molecule has 3 nitrogen and oxygen atoms in total. The molecule has 2 aromatic carbocycles. The molecule has 1 aliphatic heterocycles. The Labute approximate surface area is 147 Å². The molecule has 1 heterocycles. The van der Waals surface area contributed by atoms with Crippen LogP contribution in [0.2, 0.25) is 0 Å². The molecule has 7 heteroatoms. The van der Waals surface area contributed by atoms with Crippen molar-refractivity contribution < 1.29 is 27.1 Å². The third-order valence-corrected chi connectivity index (χ3v) is 4.16. The Hall–Kier alpha value is -2.83. The molecule has 2 aromatic rings. The van der Waals surface area contributed by atoms with Gasteiger partial charge in [-0.15, -0.1) is 0 Å². The van der Waals surface area contributed by atoms with Gasteiger partial charge in [0, 0.05) is 13.1 Å². The Morgan fingerprint density at radius 1 is 1.12 bits per heavy atom. The van der Waals surface area contributed by atoms with Gasteiger partial charge in [0.05, 0.1) is 5.56 Å². The van der Waals surface area contributed by atoms with Crippen LogP contribution in [0.5, 0.6) is 11.5 Å². The predicted molar refractivity (Wildman–Crippen MR) is 87.2 cm³/mol. The van der Waals surface area contributed by atoms with Gasteiger partial charge in [-0.25, -0.2) is 4.39 Å². The number of fused-ring (bicyclic) bond motifs is 1. The summed E-state index contributed by atoms with van der Waals surface area (Å²) in [5, 5.41) is 0. The summed E-state index contributed by atoms with van der Waals surface area (Å²) < 4.78 is 57.2. The van der Waals surface area contributed by atoms with E-state index in [1.807, 2.05) is 6.07 Å². The summed E-state index contributed by atoms with van der Waals surface area (Å²) in [4.78, 5) is 13.4. The Kier molecular flexibility index (Phi) is 4.71. The van der Waals surface area contributed by atoms with Crippen molar-refractivity contribution >= 4 is 5.91 Å². The summed E-state index contributed by atoms with van der Waals surface area (Å²) in [6.45, 7) is 4.41. The zero-order valence-corrected chi connectivity index (χ0v) is 13.6. The Balaban J connectivity index is 1.84. The van der Waals surface area contributed by atoms with E-state index in [9.17, 15) is 22.4 Å². The van der Waals surface area contributed by atoms with Crippen molar-refractivity contribution in [3.63, 3.8) is 0 Å². The lowest BCUT2D eigenvalue weighted by atomic mass is 9.99. The highest BCUT2D eigenvalue weighted by molar-refractivity contribution is 5.87. The van der Waals surface area contributed by atoms with E-state index in [4.69, 9.17) is 4.74 Å². The second-order valence-electron chi connectivity index (χ2n) is 5.89. The van der Waals surface area contributed by atoms with Gasteiger partial charge in [0.15, 0.2) is 0 Å². The van der Waals surface area contributed by atoms with E-state index in [1.54, 1.807) is 17.0 Å². The molecule has 0 aliphatic carbocycles. The molecular formula is C19H15F4NO2. The quantitative estimate of drug-likeness (QED) is 0.583. The molecule has 136 valence electrons. The summed E-state index contributed by atoms with van der Waals surface area (Å²) in [7, 11) is 0. The monoisotopic (exact) mass is 365 g/mol. The fourth-order valence-corrected chi connectivity index (χ4v) is 2.84. The molecule has 1 amide bonds. The van der Waals surface area contributed by atoms with E-state index in [0.29, 0.717) is 31.3 Å². The van der Waals surface area contributed by atoms with Crippen molar-refractivity contribution in [1.29, 1.82) is 0 Å². The number of benzene rings is 2. The summed E-state index contributed by atoms with van der Waals surface area (Å²) in [5.41, 5.74) is 0.512. The summed E-state index contributed by atoms with van der Waals surface area (Å²) in [6, 6.07) is 7.62. The number of carbonyl (C=O) groups excluding carboxylic acids is 1. The van der Waals surface area contributed by atoms with Crippen LogP contribution in [0.1, 0.15) is 16.7 Å². The lowest BCUT2D eigenvalue weighted by Gasteiger charge is -2.28. The second-order valence-corrected chi connectivity index (χ2v) is 5.89. The van der Waals surface area contributed by atoms with Crippen molar-refractivity contribution in [1.82, 2.24) is 4.90 Å². The number of carbonyl (C=O) groups is 1. The first-order chi connectivity index (χ1) is 12.3. The van der Waals surface area contributed by atoms with E-state index in [2.05, 4.69) is 6.58 Å². The van der Waals surface area contributed by atoms with Crippen LogP contribution >= 0.6 is 0 Å². The molecule has 0 saturated heterocycles. The van der Waals surface area contributed by atoms with Crippen molar-refractivity contribution in [2.45, 2.75) is 19.1 Å². The largest absolute Gasteiger partial charge is 0.457 e. The Morgan fingerprint density at radius 3 is 2.50 bits per heavy atom. The minimum Gasteiger partial charge on any atom is -0.457 e. The topological polar surface area (TPSA) is 29.5 Å². The van der Waals surface area contributed by atoms with Crippen LogP contribution in [0, 0.1) is 5.82 Å². The summed E-state index contributed by atoms with van der Waals surface area (Å²) >= 11 is 0. The van der Waals surface area contributed by atoms with Crippen molar-refractivity contribution in [3.8, 4) is 11.5 Å².